The van der Waals surface area contributed by atoms with Crippen LogP contribution in [-0.4, -0.2) is 35.1 Å². The first-order valence-corrected chi connectivity index (χ1v) is 11.3. The van der Waals surface area contributed by atoms with Gasteiger partial charge in [0, 0.05) is 36.8 Å². The van der Waals surface area contributed by atoms with Crippen LogP contribution in [0.4, 0.5) is 11.8 Å². The molecule has 4 aromatic rings. The van der Waals surface area contributed by atoms with E-state index in [-0.39, 0.29) is 12.0 Å². The lowest BCUT2D eigenvalue weighted by Gasteiger charge is -2.16. The highest BCUT2D eigenvalue weighted by molar-refractivity contribution is 5.94. The van der Waals surface area contributed by atoms with E-state index in [0.29, 0.717) is 41.1 Å². The lowest BCUT2D eigenvalue weighted by molar-refractivity contribution is 0.0950. The molecule has 9 nitrogen and oxygen atoms in total. The quantitative estimate of drug-likeness (QED) is 0.333. The van der Waals surface area contributed by atoms with E-state index in [1.165, 1.54) is 0 Å². The molecule has 0 saturated carbocycles. The maximum absolute atomic E-state index is 12.8. The zero-order valence-electron chi connectivity index (χ0n) is 20.3. The second-order valence-electron chi connectivity index (χ2n) is 7.83. The van der Waals surface area contributed by atoms with Crippen molar-refractivity contribution in [3.05, 3.63) is 95.9 Å². The number of aromatic nitrogens is 3. The minimum Gasteiger partial charge on any atom is -0.493 e. The highest BCUT2D eigenvalue weighted by Gasteiger charge is 2.13. The summed E-state index contributed by atoms with van der Waals surface area (Å²) in [6.45, 7) is 2.28. The molecule has 2 N–H and O–H groups in total. The minimum absolute atomic E-state index is 0.183. The van der Waals surface area contributed by atoms with Gasteiger partial charge in [0.25, 0.3) is 5.91 Å². The van der Waals surface area contributed by atoms with E-state index in [9.17, 15) is 4.79 Å². The van der Waals surface area contributed by atoms with Crippen molar-refractivity contribution in [1.82, 2.24) is 20.3 Å². The Kier molecular flexibility index (Phi) is 7.92. The Morgan fingerprint density at radius 2 is 1.69 bits per heavy atom. The molecule has 0 aliphatic rings. The fraction of sp³-hybridized carbons (Fsp3) is 0.185. The van der Waals surface area contributed by atoms with Gasteiger partial charge in [0.15, 0.2) is 11.5 Å². The molecule has 2 aromatic carbocycles. The van der Waals surface area contributed by atoms with E-state index in [1.54, 1.807) is 57.1 Å². The molecule has 0 spiro atoms. The lowest BCUT2D eigenvalue weighted by atomic mass is 10.1. The number of carbonyl (C=O) groups is 1. The van der Waals surface area contributed by atoms with Crippen molar-refractivity contribution in [2.45, 2.75) is 19.6 Å². The second-order valence-corrected chi connectivity index (χ2v) is 7.83. The lowest BCUT2D eigenvalue weighted by Crippen LogP contribution is -2.23. The Morgan fingerprint density at radius 3 is 2.47 bits per heavy atom. The molecule has 0 aliphatic carbocycles. The van der Waals surface area contributed by atoms with Crippen molar-refractivity contribution >= 4 is 17.7 Å². The Hall–Kier alpha value is -4.66. The summed E-state index contributed by atoms with van der Waals surface area (Å²) in [5.74, 6) is 2.70. The van der Waals surface area contributed by atoms with Gasteiger partial charge in [-0.15, -0.1) is 0 Å². The smallest absolute Gasteiger partial charge is 0.251 e. The number of benzene rings is 2. The van der Waals surface area contributed by atoms with Gasteiger partial charge in [0.1, 0.15) is 17.7 Å². The van der Waals surface area contributed by atoms with Crippen LogP contribution in [0.1, 0.15) is 34.5 Å². The Bertz CT molecular complexity index is 1320. The van der Waals surface area contributed by atoms with Crippen LogP contribution < -0.4 is 24.8 Å². The van der Waals surface area contributed by atoms with Crippen molar-refractivity contribution in [2.75, 3.05) is 19.5 Å². The average molecular weight is 486 g/mol. The number of carbonyl (C=O) groups excluding carboxylic acids is 1. The number of amides is 1. The molecule has 1 atom stereocenters. The third-order valence-corrected chi connectivity index (χ3v) is 5.37. The first-order valence-electron chi connectivity index (χ1n) is 11.3. The van der Waals surface area contributed by atoms with Crippen molar-refractivity contribution in [2.24, 2.45) is 0 Å². The van der Waals surface area contributed by atoms with Gasteiger partial charge in [-0.3, -0.25) is 4.79 Å². The van der Waals surface area contributed by atoms with Crippen LogP contribution in [0, 0.1) is 0 Å². The van der Waals surface area contributed by atoms with Gasteiger partial charge in [-0.05, 0) is 54.4 Å². The van der Waals surface area contributed by atoms with E-state index in [1.807, 2.05) is 43.3 Å². The van der Waals surface area contributed by atoms with Crippen molar-refractivity contribution in [3.63, 3.8) is 0 Å². The molecule has 1 amide bonds. The molecule has 2 aromatic heterocycles. The number of nitrogens with zero attached hydrogens (tertiary/aromatic N) is 3. The zero-order chi connectivity index (χ0) is 25.3. The molecule has 0 aliphatic heterocycles. The zero-order valence-corrected chi connectivity index (χ0v) is 20.3. The maximum Gasteiger partial charge on any atom is 0.251 e. The molecule has 0 bridgehead atoms. The van der Waals surface area contributed by atoms with Gasteiger partial charge < -0.3 is 24.8 Å². The normalized spacial score (nSPS) is 11.3. The van der Waals surface area contributed by atoms with Crippen LogP contribution in [-0.2, 0) is 6.54 Å². The van der Waals surface area contributed by atoms with E-state index in [2.05, 4.69) is 25.6 Å². The molecule has 9 heteroatoms. The van der Waals surface area contributed by atoms with Gasteiger partial charge in [-0.25, -0.2) is 15.0 Å². The summed E-state index contributed by atoms with van der Waals surface area (Å²) in [4.78, 5) is 25.4. The molecule has 4 rings (SSSR count). The topological polar surface area (TPSA) is 107 Å². The van der Waals surface area contributed by atoms with Crippen molar-refractivity contribution in [3.8, 4) is 17.2 Å². The summed E-state index contributed by atoms with van der Waals surface area (Å²) in [6, 6.07) is 18.2. The first kappa shape index (κ1) is 24.5. The average Bonchev–Trinajstić information content (AvgIpc) is 2.92. The molecular formula is C27H27N5O4. The van der Waals surface area contributed by atoms with E-state index >= 15 is 0 Å². The first-order chi connectivity index (χ1) is 17.6. The molecule has 0 radical (unpaired) electrons. The molecule has 184 valence electrons. The highest BCUT2D eigenvalue weighted by atomic mass is 16.5. The molecular weight excluding hydrogens is 458 g/mol. The SMILES string of the molecule is COc1ccc(CNC(=O)c2cccc(C(C)Oc3ccnc(Nc4ncccn4)c3)c2)cc1OC. The van der Waals surface area contributed by atoms with Gasteiger partial charge >= 0.3 is 0 Å². The predicted octanol–water partition coefficient (Wildman–Crippen LogP) is 4.70. The van der Waals surface area contributed by atoms with Crippen LogP contribution in [0.5, 0.6) is 17.2 Å². The Morgan fingerprint density at radius 1 is 0.889 bits per heavy atom. The number of nitrogens with one attached hydrogen (secondary N) is 2. The summed E-state index contributed by atoms with van der Waals surface area (Å²) in [5, 5.41) is 5.99. The molecule has 1 unspecified atom stereocenters. The molecule has 0 saturated heterocycles. The largest absolute Gasteiger partial charge is 0.493 e. The fourth-order valence-electron chi connectivity index (χ4n) is 3.51. The Balaban J connectivity index is 1.39. The van der Waals surface area contributed by atoms with Crippen LogP contribution in [0.3, 0.4) is 0 Å². The van der Waals surface area contributed by atoms with Crippen molar-refractivity contribution < 1.29 is 19.0 Å². The van der Waals surface area contributed by atoms with Gasteiger partial charge in [0.05, 0.1) is 14.2 Å². The summed E-state index contributed by atoms with van der Waals surface area (Å²) in [6.07, 6.45) is 4.64. The van der Waals surface area contributed by atoms with Crippen LogP contribution >= 0.6 is 0 Å². The second kappa shape index (κ2) is 11.7. The number of rotatable bonds is 10. The Labute approximate surface area is 209 Å². The third kappa shape index (κ3) is 6.26. The number of ether oxygens (including phenoxy) is 3. The fourth-order valence-corrected chi connectivity index (χ4v) is 3.51. The van der Waals surface area contributed by atoms with E-state index < -0.39 is 0 Å². The third-order valence-electron chi connectivity index (χ3n) is 5.37. The highest BCUT2D eigenvalue weighted by Crippen LogP contribution is 2.28. The number of hydrogen-bond donors (Lipinski definition) is 2. The summed E-state index contributed by atoms with van der Waals surface area (Å²) in [7, 11) is 3.16. The predicted molar refractivity (Wildman–Crippen MR) is 136 cm³/mol. The molecule has 0 fully saturated rings. The van der Waals surface area contributed by atoms with Gasteiger partial charge in [0.2, 0.25) is 5.95 Å². The van der Waals surface area contributed by atoms with E-state index in [0.717, 1.165) is 11.1 Å². The monoisotopic (exact) mass is 485 g/mol. The van der Waals surface area contributed by atoms with Crippen LogP contribution in [0.25, 0.3) is 0 Å². The standard InChI is InChI=1S/C27H27N5O4/c1-18(36-22-10-13-28-25(16-22)32-27-29-11-5-12-30-27)20-6-4-7-21(15-20)26(33)31-17-19-8-9-23(34-2)24(14-19)35-3/h4-16,18H,17H2,1-3H3,(H,31,33)(H,28,29,30,32). The number of pyridine rings is 1. The number of anilines is 2. The minimum atomic E-state index is -0.299. The van der Waals surface area contributed by atoms with Crippen LogP contribution in [0.15, 0.2) is 79.3 Å². The van der Waals surface area contributed by atoms with Gasteiger partial charge in [-0.2, -0.15) is 0 Å². The summed E-state index contributed by atoms with van der Waals surface area (Å²) < 4.78 is 16.7. The van der Waals surface area contributed by atoms with E-state index in [4.69, 9.17) is 14.2 Å². The van der Waals surface area contributed by atoms with Crippen molar-refractivity contribution in [1.29, 1.82) is 0 Å². The summed E-state index contributed by atoms with van der Waals surface area (Å²) in [5.41, 5.74) is 2.31. The maximum atomic E-state index is 12.8. The van der Waals surface area contributed by atoms with Gasteiger partial charge in [-0.1, -0.05) is 18.2 Å². The summed E-state index contributed by atoms with van der Waals surface area (Å²) >= 11 is 0. The number of hydrogen-bond acceptors (Lipinski definition) is 8. The number of methoxy groups -OCH3 is 2. The molecule has 36 heavy (non-hydrogen) atoms. The van der Waals surface area contributed by atoms with Crippen LogP contribution in [0.2, 0.25) is 0 Å². The molecule has 2 heterocycles.